The molecular formula is C25H33ClF4N4O4SSi. The number of hydrogen-bond acceptors (Lipinski definition) is 5. The van der Waals surface area contributed by atoms with Crippen LogP contribution in [0, 0.1) is 12.7 Å². The van der Waals surface area contributed by atoms with E-state index in [0.29, 0.717) is 10.4 Å². The molecule has 0 radical (unpaired) electrons. The molecule has 1 saturated heterocycles. The molecule has 1 aromatic carbocycles. The second-order valence-electron chi connectivity index (χ2n) is 11.1. The average Bonchev–Trinajstić information content (AvgIpc) is 3.08. The van der Waals surface area contributed by atoms with Gasteiger partial charge in [-0.05, 0) is 55.4 Å². The topological polar surface area (TPSA) is 83.1 Å². The highest BCUT2D eigenvalue weighted by Gasteiger charge is 2.50. The molecule has 3 rings (SSSR count). The van der Waals surface area contributed by atoms with E-state index in [0.717, 1.165) is 21.3 Å². The molecule has 0 bridgehead atoms. The number of carbonyl (C=O) groups is 1. The van der Waals surface area contributed by atoms with E-state index in [1.807, 2.05) is 33.9 Å². The fraction of sp³-hybridized carbons (Fsp3) is 0.520. The van der Waals surface area contributed by atoms with Crippen LogP contribution in [0.3, 0.4) is 0 Å². The van der Waals surface area contributed by atoms with Gasteiger partial charge in [0.1, 0.15) is 17.7 Å². The zero-order chi connectivity index (χ0) is 30.4. The molecule has 0 N–H and O–H groups in total. The van der Waals surface area contributed by atoms with Crippen LogP contribution in [0.1, 0.15) is 32.0 Å². The lowest BCUT2D eigenvalue weighted by Crippen LogP contribution is -2.47. The summed E-state index contributed by atoms with van der Waals surface area (Å²) in [5, 5.41) is -0.396. The minimum absolute atomic E-state index is 0.0307. The maximum absolute atomic E-state index is 13.7. The molecule has 8 nitrogen and oxygen atoms in total. The van der Waals surface area contributed by atoms with E-state index < -0.39 is 53.9 Å². The zero-order valence-electron chi connectivity index (χ0n) is 23.3. The molecule has 1 fully saturated rings. The van der Waals surface area contributed by atoms with Crippen LogP contribution in [0.5, 0.6) is 0 Å². The van der Waals surface area contributed by atoms with Crippen LogP contribution < -0.4 is 9.21 Å². The predicted molar refractivity (Wildman–Crippen MR) is 149 cm³/mol. The Balaban J connectivity index is 2.03. The fourth-order valence-electron chi connectivity index (χ4n) is 3.90. The van der Waals surface area contributed by atoms with Crippen LogP contribution in [0.25, 0.3) is 0 Å². The van der Waals surface area contributed by atoms with Gasteiger partial charge >= 0.3 is 16.4 Å². The van der Waals surface area contributed by atoms with Gasteiger partial charge in [0, 0.05) is 38.1 Å². The van der Waals surface area contributed by atoms with E-state index in [1.165, 1.54) is 26.1 Å². The average molecular weight is 625 g/mol. The van der Waals surface area contributed by atoms with Crippen molar-refractivity contribution in [1.29, 1.82) is 0 Å². The van der Waals surface area contributed by atoms with Crippen LogP contribution >= 0.6 is 11.6 Å². The van der Waals surface area contributed by atoms with Crippen molar-refractivity contribution in [1.82, 2.24) is 9.29 Å². The van der Waals surface area contributed by atoms with Gasteiger partial charge in [-0.15, -0.1) is 0 Å². The Morgan fingerprint density at radius 1 is 1.20 bits per heavy atom. The quantitative estimate of drug-likeness (QED) is 0.295. The Morgan fingerprint density at radius 3 is 2.38 bits per heavy atom. The van der Waals surface area contributed by atoms with Crippen LogP contribution in [0.4, 0.5) is 29.1 Å². The summed E-state index contributed by atoms with van der Waals surface area (Å²) in [6, 6.07) is 3.45. The molecular weight excluding hydrogens is 592 g/mol. The normalized spacial score (nSPS) is 18.3. The molecule has 0 unspecified atom stereocenters. The number of hydrogen-bond donors (Lipinski definition) is 0. The third-order valence-corrected chi connectivity index (χ3v) is 14.0. The van der Waals surface area contributed by atoms with Gasteiger partial charge in [0.05, 0.1) is 10.6 Å². The van der Waals surface area contributed by atoms with Gasteiger partial charge in [-0.2, -0.15) is 25.9 Å². The van der Waals surface area contributed by atoms with E-state index in [9.17, 15) is 30.8 Å². The Hall–Kier alpha value is -2.26. The second kappa shape index (κ2) is 11.2. The molecule has 15 heteroatoms. The summed E-state index contributed by atoms with van der Waals surface area (Å²) < 4.78 is 89.8. The summed E-state index contributed by atoms with van der Waals surface area (Å²) in [7, 11) is -5.40. The Kier molecular flexibility index (Phi) is 9.03. The predicted octanol–water partition coefficient (Wildman–Crippen LogP) is 5.62. The standard InChI is InChI=1S/C25H33ClF4N4O4SSi/c1-16-12-17(25(28,29)30)13-22(31-16)34-21(23(35)32(5)18-8-9-20(27)19(26)14-18)15-33(39(34,36)37)10-11-38-40(6,7)24(2,3)4/h8-9,12-14,21H,10-11,15H2,1-7H3/t21-/m0/s1. The molecule has 222 valence electrons. The molecule has 0 spiro atoms. The van der Waals surface area contributed by atoms with Crippen molar-refractivity contribution in [2.24, 2.45) is 0 Å². The van der Waals surface area contributed by atoms with Crippen molar-refractivity contribution < 1.29 is 35.2 Å². The highest BCUT2D eigenvalue weighted by Crippen LogP contribution is 2.38. The summed E-state index contributed by atoms with van der Waals surface area (Å²) in [5.74, 6) is -2.02. The molecule has 2 aromatic rings. The van der Waals surface area contributed by atoms with Gasteiger partial charge in [-0.3, -0.25) is 4.79 Å². The van der Waals surface area contributed by atoms with Crippen molar-refractivity contribution in [2.45, 2.75) is 58.0 Å². The number of pyridine rings is 1. The van der Waals surface area contributed by atoms with E-state index in [1.54, 1.807) is 0 Å². The smallest absolute Gasteiger partial charge is 0.415 e. The van der Waals surface area contributed by atoms with Gasteiger partial charge in [-0.1, -0.05) is 32.4 Å². The number of alkyl halides is 3. The molecule has 2 heterocycles. The molecule has 1 aliphatic rings. The third-order valence-electron chi connectivity index (χ3n) is 7.24. The van der Waals surface area contributed by atoms with Crippen LogP contribution in [-0.4, -0.2) is 64.7 Å². The lowest BCUT2D eigenvalue weighted by atomic mass is 10.2. The summed E-state index contributed by atoms with van der Waals surface area (Å²) >= 11 is 5.86. The summed E-state index contributed by atoms with van der Waals surface area (Å²) in [5.41, 5.74) is -1.01. The number of nitrogens with zero attached hydrogens (tertiary/aromatic N) is 4. The summed E-state index contributed by atoms with van der Waals surface area (Å²) in [6.07, 6.45) is -4.77. The zero-order valence-corrected chi connectivity index (χ0v) is 25.9. The molecule has 40 heavy (non-hydrogen) atoms. The number of aromatic nitrogens is 1. The SMILES string of the molecule is Cc1cc(C(F)(F)F)cc(N2[C@H](C(=O)N(C)c3ccc(F)c(Cl)c3)CN(CCO[Si](C)(C)C(C)(C)C)S2(=O)=O)n1. The van der Waals surface area contributed by atoms with Gasteiger partial charge < -0.3 is 9.33 Å². The largest absolute Gasteiger partial charge is 0.416 e. The molecule has 0 saturated carbocycles. The number of amides is 1. The molecule has 1 amide bonds. The maximum atomic E-state index is 13.7. The first kappa shape index (κ1) is 32.3. The summed E-state index contributed by atoms with van der Waals surface area (Å²) in [4.78, 5) is 18.8. The lowest BCUT2D eigenvalue weighted by Gasteiger charge is -2.36. The van der Waals surface area contributed by atoms with Crippen molar-refractivity contribution in [2.75, 3.05) is 35.9 Å². The van der Waals surface area contributed by atoms with E-state index in [4.69, 9.17) is 16.0 Å². The number of carbonyl (C=O) groups excluding carboxylic acids is 1. The first-order chi connectivity index (χ1) is 18.2. The van der Waals surface area contributed by atoms with E-state index in [-0.39, 0.29) is 41.1 Å². The van der Waals surface area contributed by atoms with Gasteiger partial charge in [-0.25, -0.2) is 13.7 Å². The summed E-state index contributed by atoms with van der Waals surface area (Å²) in [6.45, 7) is 10.9. The number of benzene rings is 1. The van der Waals surface area contributed by atoms with Gasteiger partial charge in [0.2, 0.25) is 0 Å². The molecule has 1 aliphatic heterocycles. The Labute approximate surface area is 238 Å². The van der Waals surface area contributed by atoms with Gasteiger partial charge in [0.15, 0.2) is 8.32 Å². The highest BCUT2D eigenvalue weighted by molar-refractivity contribution is 7.90. The molecule has 1 aromatic heterocycles. The highest BCUT2D eigenvalue weighted by atomic mass is 35.5. The Bertz CT molecular complexity index is 1390. The number of rotatable bonds is 7. The lowest BCUT2D eigenvalue weighted by molar-refractivity contribution is -0.137. The van der Waals surface area contributed by atoms with Gasteiger partial charge in [0.25, 0.3) is 5.91 Å². The second-order valence-corrected chi connectivity index (χ2v) is 18.2. The maximum Gasteiger partial charge on any atom is 0.416 e. The van der Waals surface area contributed by atoms with Crippen molar-refractivity contribution >= 4 is 47.5 Å². The minimum Gasteiger partial charge on any atom is -0.415 e. The van der Waals surface area contributed by atoms with Crippen LogP contribution in [0.15, 0.2) is 30.3 Å². The van der Waals surface area contributed by atoms with E-state index in [2.05, 4.69) is 4.98 Å². The third kappa shape index (κ3) is 6.62. The number of likely N-dealkylation sites (N-methyl/N-ethyl adjacent to an activating group) is 1. The minimum atomic E-state index is -4.77. The number of halogens is 5. The van der Waals surface area contributed by atoms with Crippen LogP contribution in [-0.2, 0) is 25.6 Å². The van der Waals surface area contributed by atoms with Crippen LogP contribution in [0.2, 0.25) is 23.2 Å². The molecule has 1 atom stereocenters. The fourth-order valence-corrected chi connectivity index (χ4v) is 6.80. The van der Waals surface area contributed by atoms with Crippen molar-refractivity contribution in [3.8, 4) is 0 Å². The van der Waals surface area contributed by atoms with E-state index >= 15 is 0 Å². The Morgan fingerprint density at radius 2 is 1.82 bits per heavy atom. The van der Waals surface area contributed by atoms with Crippen molar-refractivity contribution in [3.63, 3.8) is 0 Å². The number of aryl methyl sites for hydroxylation is 1. The monoisotopic (exact) mass is 624 g/mol. The van der Waals surface area contributed by atoms with Crippen molar-refractivity contribution in [3.05, 3.63) is 52.4 Å². The first-order valence-electron chi connectivity index (χ1n) is 12.4. The molecule has 0 aliphatic carbocycles. The number of anilines is 2. The first-order valence-corrected chi connectivity index (χ1v) is 17.1.